The maximum absolute atomic E-state index is 9.77. The van der Waals surface area contributed by atoms with E-state index < -0.39 is 0 Å². The molecule has 0 aliphatic carbocycles. The van der Waals surface area contributed by atoms with Crippen LogP contribution in [0.5, 0.6) is 11.5 Å². The molecule has 100 valence electrons. The highest BCUT2D eigenvalue weighted by Crippen LogP contribution is 2.27. The molecule has 0 aliphatic heterocycles. The molecule has 1 heterocycles. The van der Waals surface area contributed by atoms with Gasteiger partial charge in [0.2, 0.25) is 0 Å². The summed E-state index contributed by atoms with van der Waals surface area (Å²) in [4.78, 5) is 3.98. The van der Waals surface area contributed by atoms with Crippen LogP contribution >= 0.6 is 0 Å². The fourth-order valence-corrected chi connectivity index (χ4v) is 1.99. The highest BCUT2D eigenvalue weighted by Gasteiger charge is 2.10. The highest BCUT2D eigenvalue weighted by molar-refractivity contribution is 5.40. The van der Waals surface area contributed by atoms with Gasteiger partial charge in [0.15, 0.2) is 0 Å². The maximum atomic E-state index is 9.77. The summed E-state index contributed by atoms with van der Waals surface area (Å²) in [5.74, 6) is 0.189. The van der Waals surface area contributed by atoms with Crippen LogP contribution in [0.3, 0.4) is 0 Å². The van der Waals surface area contributed by atoms with Gasteiger partial charge in [-0.2, -0.15) is 0 Å². The number of nitrogens with zero attached hydrogens (tertiary/aromatic N) is 1. The zero-order valence-corrected chi connectivity index (χ0v) is 10.9. The van der Waals surface area contributed by atoms with E-state index in [1.807, 2.05) is 19.1 Å². The van der Waals surface area contributed by atoms with Crippen molar-refractivity contribution >= 4 is 0 Å². The fourth-order valence-electron chi connectivity index (χ4n) is 1.99. The average molecular weight is 258 g/mol. The predicted molar refractivity (Wildman–Crippen MR) is 74.1 cm³/mol. The van der Waals surface area contributed by atoms with Gasteiger partial charge < -0.3 is 15.5 Å². The highest BCUT2D eigenvalue weighted by atomic mass is 16.3. The van der Waals surface area contributed by atoms with Gasteiger partial charge in [-0.3, -0.25) is 4.98 Å². The number of aromatic hydroxyl groups is 2. The van der Waals surface area contributed by atoms with Crippen molar-refractivity contribution in [3.8, 4) is 11.5 Å². The first kappa shape index (κ1) is 13.4. The number of phenols is 2. The third-order valence-corrected chi connectivity index (χ3v) is 3.09. The second-order valence-corrected chi connectivity index (χ2v) is 4.52. The van der Waals surface area contributed by atoms with Crippen LogP contribution in [0.2, 0.25) is 0 Å². The summed E-state index contributed by atoms with van der Waals surface area (Å²) in [7, 11) is 0. The molecule has 1 aromatic heterocycles. The van der Waals surface area contributed by atoms with Gasteiger partial charge in [0, 0.05) is 30.1 Å². The van der Waals surface area contributed by atoms with Crippen LogP contribution < -0.4 is 5.32 Å². The Morgan fingerprint density at radius 2 is 1.89 bits per heavy atom. The first-order valence-corrected chi connectivity index (χ1v) is 6.31. The van der Waals surface area contributed by atoms with Crippen molar-refractivity contribution in [2.45, 2.75) is 19.4 Å². The number of aromatic nitrogens is 1. The molecule has 1 unspecified atom stereocenters. The van der Waals surface area contributed by atoms with E-state index in [1.165, 1.54) is 11.6 Å². The van der Waals surface area contributed by atoms with Crippen molar-refractivity contribution in [1.29, 1.82) is 0 Å². The van der Waals surface area contributed by atoms with Gasteiger partial charge in [0.1, 0.15) is 11.5 Å². The van der Waals surface area contributed by atoms with Crippen molar-refractivity contribution in [2.24, 2.45) is 0 Å². The molecule has 2 aromatic rings. The largest absolute Gasteiger partial charge is 0.508 e. The molecule has 0 radical (unpaired) electrons. The standard InChI is InChI=1S/C15H18N2O2/c1-11(14-3-2-13(18)10-15(14)19)17-9-6-12-4-7-16-8-5-12/h2-5,7-8,10-11,17-19H,6,9H2,1H3. The van der Waals surface area contributed by atoms with Crippen LogP contribution in [0.25, 0.3) is 0 Å². The molecule has 0 amide bonds. The molecular formula is C15H18N2O2. The van der Waals surface area contributed by atoms with E-state index in [1.54, 1.807) is 24.5 Å². The Morgan fingerprint density at radius 3 is 2.58 bits per heavy atom. The lowest BCUT2D eigenvalue weighted by Crippen LogP contribution is -2.21. The Bertz CT molecular complexity index is 529. The summed E-state index contributed by atoms with van der Waals surface area (Å²) in [5.41, 5.74) is 2.01. The fraction of sp³-hybridized carbons (Fsp3) is 0.267. The maximum Gasteiger partial charge on any atom is 0.124 e. The van der Waals surface area contributed by atoms with Crippen LogP contribution in [0.15, 0.2) is 42.7 Å². The van der Waals surface area contributed by atoms with Gasteiger partial charge in [0.05, 0.1) is 0 Å². The van der Waals surface area contributed by atoms with Gasteiger partial charge in [-0.15, -0.1) is 0 Å². The van der Waals surface area contributed by atoms with Crippen molar-refractivity contribution in [1.82, 2.24) is 10.3 Å². The zero-order valence-electron chi connectivity index (χ0n) is 10.9. The summed E-state index contributed by atoms with van der Waals surface area (Å²) in [6.45, 7) is 2.80. The van der Waals surface area contributed by atoms with E-state index >= 15 is 0 Å². The van der Waals surface area contributed by atoms with Gasteiger partial charge in [-0.1, -0.05) is 6.07 Å². The molecule has 0 bridgehead atoms. The lowest BCUT2D eigenvalue weighted by molar-refractivity contribution is 0.436. The second kappa shape index (κ2) is 6.20. The van der Waals surface area contributed by atoms with Crippen LogP contribution in [-0.4, -0.2) is 21.7 Å². The SMILES string of the molecule is CC(NCCc1ccncc1)c1ccc(O)cc1O. The van der Waals surface area contributed by atoms with E-state index in [4.69, 9.17) is 0 Å². The van der Waals surface area contributed by atoms with E-state index in [0.29, 0.717) is 0 Å². The van der Waals surface area contributed by atoms with E-state index in [-0.39, 0.29) is 17.5 Å². The number of benzene rings is 1. The predicted octanol–water partition coefficient (Wildman–Crippen LogP) is 2.39. The summed E-state index contributed by atoms with van der Waals surface area (Å²) in [6, 6.07) is 8.68. The smallest absolute Gasteiger partial charge is 0.124 e. The average Bonchev–Trinajstić information content (AvgIpc) is 2.39. The van der Waals surface area contributed by atoms with Crippen LogP contribution in [-0.2, 0) is 6.42 Å². The quantitative estimate of drug-likeness (QED) is 0.770. The molecule has 0 saturated carbocycles. The van der Waals surface area contributed by atoms with Crippen LogP contribution in [0, 0.1) is 0 Å². The molecule has 4 nitrogen and oxygen atoms in total. The first-order valence-electron chi connectivity index (χ1n) is 6.31. The third kappa shape index (κ3) is 3.69. The Balaban J connectivity index is 1.89. The Labute approximate surface area is 112 Å². The molecule has 2 rings (SSSR count). The minimum atomic E-state index is 0.0300. The van der Waals surface area contributed by atoms with Gasteiger partial charge in [0.25, 0.3) is 0 Å². The molecular weight excluding hydrogens is 240 g/mol. The molecule has 4 heteroatoms. The van der Waals surface area contributed by atoms with E-state index in [9.17, 15) is 10.2 Å². The van der Waals surface area contributed by atoms with Gasteiger partial charge in [-0.05, 0) is 43.7 Å². The minimum absolute atomic E-state index is 0.0300. The summed E-state index contributed by atoms with van der Waals surface area (Å²) >= 11 is 0. The summed E-state index contributed by atoms with van der Waals surface area (Å²) in [6.07, 6.45) is 4.47. The number of hydrogen-bond acceptors (Lipinski definition) is 4. The summed E-state index contributed by atoms with van der Waals surface area (Å²) < 4.78 is 0. The van der Waals surface area contributed by atoms with E-state index in [2.05, 4.69) is 10.3 Å². The van der Waals surface area contributed by atoms with Crippen molar-refractivity contribution in [3.05, 3.63) is 53.9 Å². The molecule has 0 saturated heterocycles. The monoisotopic (exact) mass is 258 g/mol. The van der Waals surface area contributed by atoms with Crippen molar-refractivity contribution < 1.29 is 10.2 Å². The molecule has 3 N–H and O–H groups in total. The number of hydrogen-bond donors (Lipinski definition) is 3. The Morgan fingerprint density at radius 1 is 1.16 bits per heavy atom. The molecule has 1 aromatic carbocycles. The lowest BCUT2D eigenvalue weighted by Gasteiger charge is -2.15. The molecule has 19 heavy (non-hydrogen) atoms. The van der Waals surface area contributed by atoms with Gasteiger partial charge in [-0.25, -0.2) is 0 Å². The Kier molecular flexibility index (Phi) is 4.36. The normalized spacial score (nSPS) is 12.3. The van der Waals surface area contributed by atoms with Crippen LogP contribution in [0.1, 0.15) is 24.1 Å². The number of pyridine rings is 1. The number of rotatable bonds is 5. The molecule has 0 spiro atoms. The van der Waals surface area contributed by atoms with Crippen LogP contribution in [0.4, 0.5) is 0 Å². The third-order valence-electron chi connectivity index (χ3n) is 3.09. The Hall–Kier alpha value is -2.07. The van der Waals surface area contributed by atoms with Crippen molar-refractivity contribution in [2.75, 3.05) is 6.54 Å². The summed E-state index contributed by atoms with van der Waals surface area (Å²) in [5, 5.41) is 22.4. The lowest BCUT2D eigenvalue weighted by atomic mass is 10.1. The first-order chi connectivity index (χ1) is 9.16. The molecule has 0 aliphatic rings. The molecule has 0 fully saturated rings. The number of nitrogens with one attached hydrogen (secondary N) is 1. The minimum Gasteiger partial charge on any atom is -0.508 e. The molecule has 1 atom stereocenters. The number of phenolic OH excluding ortho intramolecular Hbond substituents is 2. The topological polar surface area (TPSA) is 65.4 Å². The second-order valence-electron chi connectivity index (χ2n) is 4.52. The zero-order chi connectivity index (χ0) is 13.7. The van der Waals surface area contributed by atoms with E-state index in [0.717, 1.165) is 18.5 Å². The van der Waals surface area contributed by atoms with Crippen molar-refractivity contribution in [3.63, 3.8) is 0 Å². The van der Waals surface area contributed by atoms with Gasteiger partial charge >= 0.3 is 0 Å².